The number of aromatic amines is 1. The van der Waals surface area contributed by atoms with E-state index in [0.29, 0.717) is 35.3 Å². The third-order valence-corrected chi connectivity index (χ3v) is 4.87. The minimum Gasteiger partial charge on any atom is -0.354 e. The number of Topliss-reactive ketones (excluding diaryl/α,β-unsaturated/α-hetero) is 1. The van der Waals surface area contributed by atoms with Crippen LogP contribution in [0.3, 0.4) is 0 Å². The number of nitrogens with zero attached hydrogens (tertiary/aromatic N) is 2. The lowest BCUT2D eigenvalue weighted by Gasteiger charge is -2.21. The molecular weight excluding hydrogens is 334 g/mol. The Hall–Kier alpha value is -2.96. The minimum atomic E-state index is -0.440. The molecule has 0 bridgehead atoms. The Kier molecular flexibility index (Phi) is 4.88. The van der Waals surface area contributed by atoms with Gasteiger partial charge in [-0.15, -0.1) is 0 Å². The second-order valence-corrected chi connectivity index (χ2v) is 6.46. The molecule has 3 rings (SSSR count). The molecule has 0 unspecified atom stereocenters. The normalized spacial score (nSPS) is 13.4. The van der Waals surface area contributed by atoms with E-state index in [2.05, 4.69) is 4.98 Å². The molecule has 0 saturated carbocycles. The summed E-state index contributed by atoms with van der Waals surface area (Å²) in [6, 6.07) is 6.42. The summed E-state index contributed by atoms with van der Waals surface area (Å²) in [6.07, 6.45) is 2.05. The van der Waals surface area contributed by atoms with E-state index in [4.69, 9.17) is 0 Å². The standard InChI is InChI=1S/C19H21N3O4/c1-3-21(11-13-7-4-5-9-15(13)22(25)26)19(24)18-12(2)17-14(20-18)8-6-10-16(17)23/h4-5,7,9,20H,3,6,8,10-11H2,1-2H3. The number of carbonyl (C=O) groups is 2. The molecule has 0 fully saturated rings. The molecule has 2 aromatic rings. The number of aromatic nitrogens is 1. The van der Waals surface area contributed by atoms with Gasteiger partial charge < -0.3 is 9.88 Å². The molecule has 0 radical (unpaired) electrons. The fourth-order valence-corrected chi connectivity index (χ4v) is 3.50. The second kappa shape index (κ2) is 7.11. The first-order valence-electron chi connectivity index (χ1n) is 8.70. The minimum absolute atomic E-state index is 0.00331. The van der Waals surface area contributed by atoms with E-state index < -0.39 is 4.92 Å². The highest BCUT2D eigenvalue weighted by Crippen LogP contribution is 2.28. The zero-order chi connectivity index (χ0) is 18.8. The van der Waals surface area contributed by atoms with Crippen LogP contribution in [-0.2, 0) is 13.0 Å². The molecule has 0 saturated heterocycles. The summed E-state index contributed by atoms with van der Waals surface area (Å²) in [5, 5.41) is 11.2. The highest BCUT2D eigenvalue weighted by Gasteiger charge is 2.28. The average molecular weight is 355 g/mol. The summed E-state index contributed by atoms with van der Waals surface area (Å²) in [6.45, 7) is 4.16. The third kappa shape index (κ3) is 3.12. The molecule has 7 heteroatoms. The number of fused-ring (bicyclic) bond motifs is 1. The lowest BCUT2D eigenvalue weighted by atomic mass is 9.93. The van der Waals surface area contributed by atoms with Crippen LogP contribution in [0.2, 0.25) is 0 Å². The smallest absolute Gasteiger partial charge is 0.274 e. The van der Waals surface area contributed by atoms with Crippen molar-refractivity contribution in [3.05, 3.63) is 62.5 Å². The van der Waals surface area contributed by atoms with Gasteiger partial charge in [-0.2, -0.15) is 0 Å². The molecule has 1 heterocycles. The largest absolute Gasteiger partial charge is 0.354 e. The molecule has 0 aliphatic heterocycles. The maximum absolute atomic E-state index is 13.0. The molecule has 1 aromatic carbocycles. The third-order valence-electron chi connectivity index (χ3n) is 4.87. The predicted octanol–water partition coefficient (Wildman–Crippen LogP) is 3.41. The first-order chi connectivity index (χ1) is 12.4. The summed E-state index contributed by atoms with van der Waals surface area (Å²) >= 11 is 0. The van der Waals surface area contributed by atoms with Gasteiger partial charge in [-0.3, -0.25) is 19.7 Å². The van der Waals surface area contributed by atoms with Crippen molar-refractivity contribution in [2.45, 2.75) is 39.7 Å². The van der Waals surface area contributed by atoms with Gasteiger partial charge in [0.2, 0.25) is 0 Å². The Labute approximate surface area is 151 Å². The van der Waals surface area contributed by atoms with Gasteiger partial charge in [-0.1, -0.05) is 18.2 Å². The Balaban J connectivity index is 1.91. The number of H-pyrrole nitrogens is 1. The Morgan fingerprint density at radius 2 is 2.04 bits per heavy atom. The monoisotopic (exact) mass is 355 g/mol. The van der Waals surface area contributed by atoms with Gasteiger partial charge in [-0.25, -0.2) is 0 Å². The van der Waals surface area contributed by atoms with Crippen molar-refractivity contribution in [1.29, 1.82) is 0 Å². The fraction of sp³-hybridized carbons (Fsp3) is 0.368. The summed E-state index contributed by atoms with van der Waals surface area (Å²) in [7, 11) is 0. The second-order valence-electron chi connectivity index (χ2n) is 6.46. The van der Waals surface area contributed by atoms with Crippen LogP contribution in [0.25, 0.3) is 0 Å². The van der Waals surface area contributed by atoms with Crippen molar-refractivity contribution in [2.24, 2.45) is 0 Å². The predicted molar refractivity (Wildman–Crippen MR) is 96.3 cm³/mol. The van der Waals surface area contributed by atoms with Crippen molar-refractivity contribution in [3.63, 3.8) is 0 Å². The number of ketones is 1. The number of aryl methyl sites for hydroxylation is 1. The molecule has 0 spiro atoms. The number of hydrogen-bond acceptors (Lipinski definition) is 4. The van der Waals surface area contributed by atoms with E-state index >= 15 is 0 Å². The Bertz CT molecular complexity index is 885. The maximum Gasteiger partial charge on any atom is 0.274 e. The molecule has 7 nitrogen and oxygen atoms in total. The lowest BCUT2D eigenvalue weighted by Crippen LogP contribution is -2.31. The number of para-hydroxylation sites is 1. The van der Waals surface area contributed by atoms with E-state index in [1.165, 1.54) is 6.07 Å². The number of nitrogens with one attached hydrogen (secondary N) is 1. The Morgan fingerprint density at radius 3 is 2.69 bits per heavy atom. The molecular formula is C19H21N3O4. The number of rotatable bonds is 5. The van der Waals surface area contributed by atoms with Crippen LogP contribution in [0.15, 0.2) is 24.3 Å². The van der Waals surface area contributed by atoms with Gasteiger partial charge in [0.1, 0.15) is 5.69 Å². The van der Waals surface area contributed by atoms with Gasteiger partial charge >= 0.3 is 0 Å². The number of nitro benzene ring substituents is 1. The SMILES string of the molecule is CCN(Cc1ccccc1[N+](=O)[O-])C(=O)c1[nH]c2c(c1C)C(=O)CCC2. The highest BCUT2D eigenvalue weighted by molar-refractivity contribution is 6.04. The quantitative estimate of drug-likeness (QED) is 0.656. The number of carbonyl (C=O) groups excluding carboxylic acids is 2. The van der Waals surface area contributed by atoms with Crippen molar-refractivity contribution in [3.8, 4) is 0 Å². The van der Waals surface area contributed by atoms with E-state index in [9.17, 15) is 19.7 Å². The van der Waals surface area contributed by atoms with Gasteiger partial charge in [0, 0.05) is 35.9 Å². The molecule has 1 aliphatic carbocycles. The van der Waals surface area contributed by atoms with Crippen LogP contribution in [0.1, 0.15) is 57.4 Å². The van der Waals surface area contributed by atoms with Crippen LogP contribution in [0.5, 0.6) is 0 Å². The zero-order valence-corrected chi connectivity index (χ0v) is 14.9. The van der Waals surface area contributed by atoms with Crippen LogP contribution < -0.4 is 0 Å². The summed E-state index contributed by atoms with van der Waals surface area (Å²) < 4.78 is 0. The van der Waals surface area contributed by atoms with E-state index in [-0.39, 0.29) is 23.9 Å². The van der Waals surface area contributed by atoms with Crippen molar-refractivity contribution in [2.75, 3.05) is 6.54 Å². The number of benzene rings is 1. The number of nitro groups is 1. The molecule has 1 amide bonds. The fourth-order valence-electron chi connectivity index (χ4n) is 3.50. The number of amides is 1. The van der Waals surface area contributed by atoms with Crippen molar-refractivity contribution >= 4 is 17.4 Å². The first kappa shape index (κ1) is 17.8. The zero-order valence-electron chi connectivity index (χ0n) is 14.9. The highest BCUT2D eigenvalue weighted by atomic mass is 16.6. The summed E-state index contributed by atoms with van der Waals surface area (Å²) in [5.74, 6) is -0.175. The maximum atomic E-state index is 13.0. The van der Waals surface area contributed by atoms with Gasteiger partial charge in [0.15, 0.2) is 5.78 Å². The van der Waals surface area contributed by atoms with Gasteiger partial charge in [0.25, 0.3) is 11.6 Å². The van der Waals surface area contributed by atoms with Crippen LogP contribution in [0, 0.1) is 17.0 Å². The first-order valence-corrected chi connectivity index (χ1v) is 8.70. The molecule has 26 heavy (non-hydrogen) atoms. The van der Waals surface area contributed by atoms with Gasteiger partial charge in [0.05, 0.1) is 11.5 Å². The molecule has 1 aliphatic rings. The lowest BCUT2D eigenvalue weighted by molar-refractivity contribution is -0.385. The van der Waals surface area contributed by atoms with Crippen molar-refractivity contribution < 1.29 is 14.5 Å². The van der Waals surface area contributed by atoms with Crippen molar-refractivity contribution in [1.82, 2.24) is 9.88 Å². The molecule has 1 N–H and O–H groups in total. The van der Waals surface area contributed by atoms with E-state index in [0.717, 1.165) is 18.5 Å². The van der Waals surface area contributed by atoms with E-state index in [1.54, 1.807) is 30.0 Å². The van der Waals surface area contributed by atoms with E-state index in [1.807, 2.05) is 6.92 Å². The molecule has 0 atom stereocenters. The average Bonchev–Trinajstić information content (AvgIpc) is 2.97. The molecule has 136 valence electrons. The van der Waals surface area contributed by atoms with Gasteiger partial charge in [-0.05, 0) is 32.3 Å². The topological polar surface area (TPSA) is 96.3 Å². The Morgan fingerprint density at radius 1 is 1.31 bits per heavy atom. The number of hydrogen-bond donors (Lipinski definition) is 1. The van der Waals surface area contributed by atoms with Crippen LogP contribution >= 0.6 is 0 Å². The van der Waals surface area contributed by atoms with Crippen LogP contribution in [0.4, 0.5) is 5.69 Å². The summed E-state index contributed by atoms with van der Waals surface area (Å²) in [5.41, 5.74) is 3.03. The molecule has 1 aromatic heterocycles. The van der Waals surface area contributed by atoms with Crippen LogP contribution in [-0.4, -0.2) is 33.0 Å². The summed E-state index contributed by atoms with van der Waals surface area (Å²) in [4.78, 5) is 40.6.